The van der Waals surface area contributed by atoms with Crippen LogP contribution >= 0.6 is 0 Å². The number of carbonyl (C=O) groups excluding carboxylic acids is 9. The Morgan fingerprint density at radius 2 is 0.750 bits per heavy atom. The number of aryl methyl sites for hydroxylation is 2. The van der Waals surface area contributed by atoms with Crippen molar-refractivity contribution >= 4 is 71.2 Å². The van der Waals surface area contributed by atoms with Crippen molar-refractivity contribution in [1.82, 2.24) is 34.7 Å². The minimum atomic E-state index is -1.03. The van der Waals surface area contributed by atoms with Gasteiger partial charge in [0.2, 0.25) is 5.82 Å². The molecule has 658 valence electrons. The number of nitro groups is 2. The van der Waals surface area contributed by atoms with E-state index in [1.54, 1.807) is 74.2 Å². The van der Waals surface area contributed by atoms with Gasteiger partial charge in [0.05, 0.1) is 62.9 Å². The van der Waals surface area contributed by atoms with Gasteiger partial charge >= 0.3 is 36.2 Å². The van der Waals surface area contributed by atoms with Gasteiger partial charge in [-0.25, -0.2) is 37.1 Å². The molecule has 5 fully saturated rings. The second kappa shape index (κ2) is 43.3. The molecule has 0 aliphatic carbocycles. The van der Waals surface area contributed by atoms with Crippen LogP contribution in [0.25, 0.3) is 0 Å². The van der Waals surface area contributed by atoms with Crippen molar-refractivity contribution < 1.29 is 99.3 Å². The lowest BCUT2D eigenvalue weighted by Crippen LogP contribution is -2.46. The van der Waals surface area contributed by atoms with Crippen molar-refractivity contribution in [2.75, 3.05) is 58.2 Å². The van der Waals surface area contributed by atoms with Crippen LogP contribution in [0.3, 0.4) is 0 Å². The number of halogens is 4. The number of aliphatic hydroxyl groups is 1. The Morgan fingerprint density at radius 1 is 0.442 bits per heavy atom. The zero-order valence-electron chi connectivity index (χ0n) is 71.3. The van der Waals surface area contributed by atoms with Crippen LogP contribution in [0.4, 0.5) is 58.6 Å². The van der Waals surface area contributed by atoms with Gasteiger partial charge in [-0.1, -0.05) is 30.3 Å². The van der Waals surface area contributed by atoms with E-state index in [-0.39, 0.29) is 109 Å². The van der Waals surface area contributed by atoms with E-state index in [0.29, 0.717) is 84.7 Å². The highest BCUT2D eigenvalue weighted by Crippen LogP contribution is 2.32. The lowest BCUT2D eigenvalue weighted by atomic mass is 10.0. The third-order valence-electron chi connectivity index (χ3n) is 19.4. The minimum Gasteiger partial charge on any atom is -0.444 e. The molecule has 120 heavy (non-hydrogen) atoms. The first-order valence-corrected chi connectivity index (χ1v) is 40.2. The van der Waals surface area contributed by atoms with E-state index in [1.165, 1.54) is 29.2 Å². The average Bonchev–Trinajstić information content (AvgIpc) is 1.63. The molecule has 5 aromatic carbocycles. The molecule has 0 saturated carbocycles. The molecule has 7 heterocycles. The van der Waals surface area contributed by atoms with Crippen LogP contribution in [0.5, 0.6) is 0 Å². The molecule has 0 unspecified atom stereocenters. The van der Waals surface area contributed by atoms with Crippen LogP contribution in [0.15, 0.2) is 103 Å². The molecule has 7 aliphatic heterocycles. The Bertz CT molecular complexity index is 4310. The van der Waals surface area contributed by atoms with Gasteiger partial charge in [-0.05, 0) is 260 Å². The fourth-order valence-electron chi connectivity index (χ4n) is 13.9. The van der Waals surface area contributed by atoms with E-state index in [9.17, 15) is 80.9 Å². The monoisotopic (exact) mass is 1680 g/mol. The topological polar surface area (TPSA) is 390 Å². The quantitative estimate of drug-likeness (QED) is 0.0225. The normalized spacial score (nSPS) is 18.6. The van der Waals surface area contributed by atoms with Crippen LogP contribution in [-0.2, 0) is 36.5 Å². The van der Waals surface area contributed by atoms with Gasteiger partial charge in [-0.15, -0.1) is 0 Å². The molecule has 6 N–H and O–H groups in total. The smallest absolute Gasteiger partial charge is 0.410 e. The summed E-state index contributed by atoms with van der Waals surface area (Å²) >= 11 is 0. The van der Waals surface area contributed by atoms with Crippen LogP contribution in [0.2, 0.25) is 0 Å². The maximum atomic E-state index is 13.2. The number of nitrogens with two attached hydrogens (primary N) is 2. The lowest BCUT2D eigenvalue weighted by molar-refractivity contribution is -0.387. The minimum absolute atomic E-state index is 0.00972. The summed E-state index contributed by atoms with van der Waals surface area (Å²) in [6.07, 6.45) is 10.2. The first-order valence-electron chi connectivity index (χ1n) is 40.2. The van der Waals surface area contributed by atoms with Gasteiger partial charge in [0.25, 0.3) is 29.3 Å². The number of hydrogen-bond donors (Lipinski definition) is 4. The number of likely N-dealkylation sites (tertiary alicyclic amines) is 5. The fraction of sp³-hybridized carbons (Fsp3) is 0.547. The van der Waals surface area contributed by atoms with Gasteiger partial charge in [0.15, 0.2) is 0 Å². The summed E-state index contributed by atoms with van der Waals surface area (Å²) < 4.78 is 77.7. The van der Waals surface area contributed by atoms with Crippen molar-refractivity contribution in [1.29, 1.82) is 0 Å². The maximum absolute atomic E-state index is 13.2. The highest BCUT2D eigenvalue weighted by molar-refractivity contribution is 6.22. The van der Waals surface area contributed by atoms with Crippen molar-refractivity contribution in [3.8, 4) is 0 Å². The van der Waals surface area contributed by atoms with E-state index in [4.69, 9.17) is 40.3 Å². The average molecular weight is 1680 g/mol. The summed E-state index contributed by atoms with van der Waals surface area (Å²) in [6, 6.07) is 23.8. The molecule has 0 spiro atoms. The van der Waals surface area contributed by atoms with E-state index < -0.39 is 61.0 Å². The second-order valence-corrected chi connectivity index (χ2v) is 34.7. The van der Waals surface area contributed by atoms with Crippen LogP contribution in [0.1, 0.15) is 233 Å². The summed E-state index contributed by atoms with van der Waals surface area (Å²) in [5, 5.41) is 32.3. The molecule has 9 amide bonds. The van der Waals surface area contributed by atoms with Crippen molar-refractivity contribution in [2.45, 2.75) is 252 Å². The predicted octanol–water partition coefficient (Wildman–Crippen LogP) is 15.7. The molecule has 12 rings (SSSR count). The number of fused-ring (bicyclic) bond motifs is 2. The van der Waals surface area contributed by atoms with Crippen LogP contribution in [0, 0.1) is 43.5 Å². The molecule has 5 saturated heterocycles. The Morgan fingerprint density at radius 3 is 1.11 bits per heavy atom. The fourth-order valence-corrected chi connectivity index (χ4v) is 13.9. The van der Waals surface area contributed by atoms with Crippen LogP contribution < -0.4 is 16.8 Å². The molecule has 7 aliphatic rings. The van der Waals surface area contributed by atoms with Gasteiger partial charge in [0.1, 0.15) is 45.5 Å². The second-order valence-electron chi connectivity index (χ2n) is 34.7. The van der Waals surface area contributed by atoms with Crippen LogP contribution in [-0.4, -0.2) is 209 Å². The standard InChI is InChI=1S/C18H22N2O4.C17H23FN2O4.C17H25FN2O2.C10H20N2O2.C10H19NO3.C8H5NO2.C6H3F2NO2/c1-18(2,3)24-17(23)19-10-6-7-12(19)11-20-15(21)13-8-4-5-9-14(13)16(20)22;1-17(2,3)24-16(21)19-10-4-5-14(19)9-7-12-6-8-13(18)11-15(12)20(22)23;1-17(2,3)22-16(21)20-10-4-5-14(20)9-7-12-6-8-13(18)11-15(12)19;1-10(2,3)14-9(13)12-6-4-5-8(12)7-11;1-10(2,3)14-9(13)11-6-4-5-8(11)7-12;10-7-5-3-1-2-4-6(5)8(11)9-7;7-4-1-2-5(8)6(3-4)9(10)11/h4-5,8-9,12H,6-7,10-11H2,1-3H3;6,8,11,14H,4-5,7,9-10H2,1-3H3;6,8,11,14H,4-5,7,9-10,19H2,1-3H3;8H,4-7,11H2,1-3H3;8,12H,4-7H2,1-3H3;1-4H,(H,9,10,11);1-3H/t12-;2*14-;2*8-;;/m00000../s1. The molecule has 30 nitrogen and oxygen atoms in total. The SMILES string of the molecule is CC(C)(C)OC(=O)N1CCC[C@H]1CCc1ccc(F)cc1N.CC(C)(C)OC(=O)N1CCC[C@H]1CCc1ccc(F)cc1[N+](=O)[O-].CC(C)(C)OC(=O)N1CCC[C@H]1CN.CC(C)(C)OC(=O)N1CCC[C@H]1CN1C(=O)c2ccccc2C1=O.CC(C)(C)OC(=O)N1CCC[C@H]1CO.O=C1NC(=O)c2ccccc21.O=[N+]([O-])c1cc(F)ccc1F. The summed E-state index contributed by atoms with van der Waals surface area (Å²) in [5.41, 5.74) is 11.6. The lowest BCUT2D eigenvalue weighted by Gasteiger charge is -2.30. The number of nitrogens with zero attached hydrogens (tertiary/aromatic N) is 8. The number of imide groups is 2. The highest BCUT2D eigenvalue weighted by atomic mass is 19.1. The van der Waals surface area contributed by atoms with Gasteiger partial charge in [0, 0.05) is 75.2 Å². The number of hydrogen-bond acceptors (Lipinski definition) is 21. The number of nitrogen functional groups attached to an aromatic ring is 1. The molecule has 0 radical (unpaired) electrons. The van der Waals surface area contributed by atoms with E-state index in [0.717, 1.165) is 108 Å². The first kappa shape index (κ1) is 97.8. The van der Waals surface area contributed by atoms with Crippen molar-refractivity contribution in [3.05, 3.63) is 180 Å². The molecule has 34 heteroatoms. The summed E-state index contributed by atoms with van der Waals surface area (Å²) in [7, 11) is 0. The summed E-state index contributed by atoms with van der Waals surface area (Å²) in [4.78, 5) is 136. The van der Waals surface area contributed by atoms with E-state index >= 15 is 0 Å². The van der Waals surface area contributed by atoms with E-state index in [1.807, 2.05) is 109 Å². The van der Waals surface area contributed by atoms with Gasteiger partial charge in [-0.2, -0.15) is 4.39 Å². The molecular weight excluding hydrogens is 1570 g/mol. The molecule has 0 bridgehead atoms. The Hall–Kier alpha value is -11.0. The predicted molar refractivity (Wildman–Crippen MR) is 440 cm³/mol. The number of ether oxygens (including phenoxy) is 5. The van der Waals surface area contributed by atoms with E-state index in [2.05, 4.69) is 5.32 Å². The number of carbonyl (C=O) groups is 9. The number of benzene rings is 5. The number of nitrogens with one attached hydrogen (secondary N) is 1. The third kappa shape index (κ3) is 30.3. The number of nitro benzene ring substituents is 2. The largest absolute Gasteiger partial charge is 0.444 e. The first-order chi connectivity index (χ1) is 56.0. The third-order valence-corrected chi connectivity index (χ3v) is 19.4. The van der Waals surface area contributed by atoms with Crippen molar-refractivity contribution in [2.24, 2.45) is 5.73 Å². The maximum Gasteiger partial charge on any atom is 0.410 e. The zero-order chi connectivity index (χ0) is 89.5. The molecule has 5 aromatic rings. The number of aliphatic hydroxyl groups excluding tert-OH is 1. The Labute approximate surface area is 698 Å². The number of anilines is 1. The van der Waals surface area contributed by atoms with Gasteiger partial charge in [-0.3, -0.25) is 49.6 Å². The number of amides is 9. The molecule has 0 aromatic heterocycles. The zero-order valence-corrected chi connectivity index (χ0v) is 71.3. The summed E-state index contributed by atoms with van der Waals surface area (Å²) in [5.74, 6) is -3.97. The van der Waals surface area contributed by atoms with Crippen molar-refractivity contribution in [3.63, 3.8) is 0 Å². The summed E-state index contributed by atoms with van der Waals surface area (Å²) in [6.45, 7) is 31.9. The molecule has 5 atom stereocenters. The van der Waals surface area contributed by atoms with Gasteiger partial charge < -0.3 is 64.8 Å². The highest BCUT2D eigenvalue weighted by Gasteiger charge is 2.42. The Balaban J connectivity index is 0.000000222. The Kier molecular flexibility index (Phi) is 35.3. The number of rotatable bonds is 12. The molecular formula is C86H117F4N11O19.